The van der Waals surface area contributed by atoms with Gasteiger partial charge in [0.15, 0.2) is 5.78 Å². The van der Waals surface area contributed by atoms with Crippen LogP contribution < -0.4 is 5.43 Å². The maximum Gasteiger partial charge on any atom is 0.406 e. The molecule has 3 amide bonds. The molecule has 4 aromatic rings. The number of nitrogens with one attached hydrogen (secondary N) is 1. The van der Waals surface area contributed by atoms with Crippen molar-refractivity contribution in [2.75, 3.05) is 40.4 Å². The lowest BCUT2D eigenvalue weighted by molar-refractivity contribution is -0.161. The number of pyridine rings is 1. The number of hydrogen-bond donors (Lipinski definition) is 1. The number of ether oxygens (including phenoxy) is 2. The highest BCUT2D eigenvalue weighted by Gasteiger charge is 2.56. The Morgan fingerprint density at radius 2 is 1.76 bits per heavy atom. The van der Waals surface area contributed by atoms with Crippen LogP contribution in [-0.2, 0) is 52.8 Å². The Balaban J connectivity index is 1.31. The average molecular weight is 1030 g/mol. The molecular weight excluding hydrogens is 964 g/mol. The fourth-order valence-corrected chi connectivity index (χ4v) is 12.2. The van der Waals surface area contributed by atoms with Crippen molar-refractivity contribution in [3.63, 3.8) is 0 Å². The summed E-state index contributed by atoms with van der Waals surface area (Å²) in [6.07, 6.45) is -3.66. The number of methoxy groups -OCH3 is 1. The van der Waals surface area contributed by atoms with Crippen LogP contribution in [-0.4, -0.2) is 112 Å². The van der Waals surface area contributed by atoms with E-state index in [0.29, 0.717) is 71.1 Å². The monoisotopic (exact) mass is 1030 g/mol. The fourth-order valence-electron chi connectivity index (χ4n) is 12.2. The smallest absolute Gasteiger partial charge is 0.406 e. The van der Waals surface area contributed by atoms with Crippen LogP contribution in [0.25, 0.3) is 33.3 Å². The number of carbonyl (C=O) groups excluding carboxylic acids is 5. The number of alkyl halides is 5. The van der Waals surface area contributed by atoms with Gasteiger partial charge < -0.3 is 23.8 Å². The maximum atomic E-state index is 15.6. The molecule has 0 radical (unpaired) electrons. The third-order valence-electron chi connectivity index (χ3n) is 15.7. The number of carbonyl (C=O) groups is 5. The van der Waals surface area contributed by atoms with Gasteiger partial charge in [0.25, 0.3) is 6.43 Å². The van der Waals surface area contributed by atoms with E-state index in [1.165, 1.54) is 39.8 Å². The lowest BCUT2D eigenvalue weighted by Gasteiger charge is -2.43. The largest absolute Gasteiger partial charge is 0.464 e. The number of rotatable bonds is 11. The zero-order valence-corrected chi connectivity index (χ0v) is 43.2. The van der Waals surface area contributed by atoms with Crippen molar-refractivity contribution in [1.82, 2.24) is 29.8 Å². The SMILES string of the molecule is C=CC(=O)N1CC[C@H](C(=O)N(C)[C@H](C(=O)C2CCCC23Cc2cc(cc(C(F)F)c2)-c2ccc4c(c2)c(c(-c2cccnc2[C@H](C)OC)n4CC(F)(F)F)CC(C)(C)COC(=O)[C@@H]2CCCN(N2)C3=O)C(C)C)C1. The number of ketones is 1. The minimum atomic E-state index is -4.68. The molecule has 1 spiro atoms. The average Bonchev–Trinajstić information content (AvgIpc) is 4.11. The summed E-state index contributed by atoms with van der Waals surface area (Å²) in [4.78, 5) is 79.5. The number of likely N-dealkylation sites (tertiary alicyclic amines) is 1. The Labute approximate surface area is 428 Å². The molecule has 2 saturated heterocycles. The van der Waals surface area contributed by atoms with Crippen molar-refractivity contribution >= 4 is 40.4 Å². The topological polar surface area (TPSA) is 143 Å². The number of cyclic esters (lactones) is 1. The molecule has 1 saturated carbocycles. The van der Waals surface area contributed by atoms with E-state index in [0.717, 1.165) is 0 Å². The van der Waals surface area contributed by atoms with Crippen LogP contribution in [0.1, 0.15) is 108 Å². The first-order valence-electron chi connectivity index (χ1n) is 25.6. The van der Waals surface area contributed by atoms with Gasteiger partial charge in [0.1, 0.15) is 12.6 Å². The Morgan fingerprint density at radius 1 is 1.00 bits per heavy atom. The standard InChI is InChI=1S/C56H67F5N6O7/c1-9-45(68)65-22-18-36(29-65)51(70)64(7)47(32(2)3)49(69)42-14-10-19-55(42)27-34-23-37(25-38(24-34)50(57)58)35-16-17-44-40(26-35)41(28-54(5,6)31-74-52(71)43-15-12-21-67(63-43)53(55)72)48(66(44)30-56(59,60)61)39-13-11-20-62-46(39)33(4)73-8/h9,11,13,16-17,20,23-26,32-33,36,42-43,47,50,63H,1,10,12,14-15,18-19,21-22,27-31H2,2-8H3/t33-,36-,42?,43-,47-,55?/m0/s1. The highest BCUT2D eigenvalue weighted by atomic mass is 19.4. The summed E-state index contributed by atoms with van der Waals surface area (Å²) >= 11 is 0. The summed E-state index contributed by atoms with van der Waals surface area (Å²) in [7, 11) is 3.05. The molecule has 2 aromatic carbocycles. The molecule has 398 valence electrons. The quantitative estimate of drug-likeness (QED) is 0.0883. The van der Waals surface area contributed by atoms with Crippen molar-refractivity contribution in [2.24, 2.45) is 28.6 Å². The maximum absolute atomic E-state index is 15.6. The van der Waals surface area contributed by atoms with Crippen LogP contribution in [0.5, 0.6) is 0 Å². The predicted molar refractivity (Wildman–Crippen MR) is 268 cm³/mol. The predicted octanol–water partition coefficient (Wildman–Crippen LogP) is 9.61. The molecule has 6 atom stereocenters. The van der Waals surface area contributed by atoms with Gasteiger partial charge in [-0.2, -0.15) is 13.2 Å². The molecule has 5 heterocycles. The molecule has 8 rings (SSSR count). The second-order valence-electron chi connectivity index (χ2n) is 21.9. The summed E-state index contributed by atoms with van der Waals surface area (Å²) < 4.78 is 88.0. The molecule has 18 heteroatoms. The third-order valence-corrected chi connectivity index (χ3v) is 15.7. The number of hydrogen-bond acceptors (Lipinski definition) is 9. The van der Waals surface area contributed by atoms with Gasteiger partial charge in [-0.3, -0.25) is 34.0 Å². The van der Waals surface area contributed by atoms with Gasteiger partial charge in [-0.05, 0) is 116 Å². The number of Topliss-reactive ketones (excluding diaryl/α,β-unsaturated/α-hetero) is 1. The van der Waals surface area contributed by atoms with Gasteiger partial charge in [0.05, 0.1) is 41.5 Å². The molecule has 2 aromatic heterocycles. The molecule has 13 nitrogen and oxygen atoms in total. The second-order valence-corrected chi connectivity index (χ2v) is 21.9. The van der Waals surface area contributed by atoms with Crippen LogP contribution >= 0.6 is 0 Å². The van der Waals surface area contributed by atoms with Crippen LogP contribution in [0.2, 0.25) is 0 Å². The number of benzene rings is 2. The van der Waals surface area contributed by atoms with Crippen LogP contribution in [0.3, 0.4) is 0 Å². The first-order valence-corrected chi connectivity index (χ1v) is 25.6. The Kier molecular flexibility index (Phi) is 15.6. The van der Waals surface area contributed by atoms with Gasteiger partial charge in [-0.25, -0.2) is 14.2 Å². The lowest BCUT2D eigenvalue weighted by Crippen LogP contribution is -2.61. The number of amides is 3. The highest BCUT2D eigenvalue weighted by molar-refractivity contribution is 5.98. The van der Waals surface area contributed by atoms with Crippen molar-refractivity contribution < 1.29 is 55.4 Å². The normalized spacial score (nSPS) is 23.3. The van der Waals surface area contributed by atoms with E-state index in [9.17, 15) is 27.6 Å². The fraction of sp³-hybridized carbons (Fsp3) is 0.536. The van der Waals surface area contributed by atoms with E-state index < -0.39 is 77.8 Å². The van der Waals surface area contributed by atoms with Crippen molar-refractivity contribution in [1.29, 1.82) is 0 Å². The second kappa shape index (κ2) is 21.3. The van der Waals surface area contributed by atoms with Crippen LogP contribution in [0.15, 0.2) is 67.4 Å². The highest BCUT2D eigenvalue weighted by Crippen LogP contribution is 2.50. The molecule has 4 aliphatic rings. The number of nitrogens with zero attached hydrogens (tertiary/aromatic N) is 5. The number of fused-ring (bicyclic) bond motifs is 6. The van der Waals surface area contributed by atoms with E-state index in [1.807, 2.05) is 27.7 Å². The van der Waals surface area contributed by atoms with Crippen molar-refractivity contribution in [3.05, 3.63) is 89.8 Å². The van der Waals surface area contributed by atoms with E-state index >= 15 is 18.4 Å². The molecular formula is C56H67F5N6O7. The van der Waals surface area contributed by atoms with Gasteiger partial charge in [-0.15, -0.1) is 0 Å². The summed E-state index contributed by atoms with van der Waals surface area (Å²) in [5.41, 5.74) is 3.15. The van der Waals surface area contributed by atoms with Crippen molar-refractivity contribution in [3.8, 4) is 22.4 Å². The first-order chi connectivity index (χ1) is 35.0. The van der Waals surface area contributed by atoms with Crippen LogP contribution in [0.4, 0.5) is 22.0 Å². The summed E-state index contributed by atoms with van der Waals surface area (Å²) in [5, 5.41) is 1.79. The van der Waals surface area contributed by atoms with Gasteiger partial charge >= 0.3 is 12.1 Å². The number of esters is 1. The Bertz CT molecular complexity index is 2830. The first kappa shape index (κ1) is 54.3. The minimum absolute atomic E-state index is 0.103. The molecule has 3 aliphatic heterocycles. The van der Waals surface area contributed by atoms with Crippen molar-refractivity contribution in [2.45, 2.75) is 123 Å². The number of hydrazine groups is 1. The van der Waals surface area contributed by atoms with E-state index in [4.69, 9.17) is 9.47 Å². The third kappa shape index (κ3) is 10.8. The lowest BCUT2D eigenvalue weighted by atomic mass is 9.68. The van der Waals surface area contributed by atoms with Gasteiger partial charge in [0.2, 0.25) is 17.7 Å². The summed E-state index contributed by atoms with van der Waals surface area (Å²) in [6, 6.07) is 10.6. The minimum Gasteiger partial charge on any atom is -0.464 e. The Hall–Kier alpha value is -6.01. The number of likely N-dealkylation sites (N-methyl/N-ethyl adjacent to an activating group) is 1. The van der Waals surface area contributed by atoms with Crippen LogP contribution in [0, 0.1) is 28.6 Å². The molecule has 74 heavy (non-hydrogen) atoms. The zero-order chi connectivity index (χ0) is 53.6. The molecule has 1 N–H and O–H groups in total. The van der Waals surface area contributed by atoms with E-state index in [2.05, 4.69) is 17.0 Å². The summed E-state index contributed by atoms with van der Waals surface area (Å²) in [6.45, 7) is 11.8. The number of halogens is 5. The summed E-state index contributed by atoms with van der Waals surface area (Å²) in [5.74, 6) is -4.08. The number of aromatic nitrogens is 2. The molecule has 1 aliphatic carbocycles. The molecule has 2 unspecified atom stereocenters. The van der Waals surface area contributed by atoms with E-state index in [-0.39, 0.29) is 79.8 Å². The van der Waals surface area contributed by atoms with Gasteiger partial charge in [0, 0.05) is 73.4 Å². The van der Waals surface area contributed by atoms with E-state index in [1.54, 1.807) is 61.5 Å². The zero-order valence-electron chi connectivity index (χ0n) is 43.2. The Morgan fingerprint density at radius 3 is 2.45 bits per heavy atom. The molecule has 6 bridgehead atoms. The molecule has 3 fully saturated rings. The van der Waals surface area contributed by atoms with Gasteiger partial charge in [-0.1, -0.05) is 58.9 Å².